The fourth-order valence-electron chi connectivity index (χ4n) is 3.40. The van der Waals surface area contributed by atoms with E-state index in [1.165, 1.54) is 0 Å². The fraction of sp³-hybridized carbons (Fsp3) is 0.182. The van der Waals surface area contributed by atoms with Crippen LogP contribution in [0.3, 0.4) is 0 Å². The van der Waals surface area contributed by atoms with Gasteiger partial charge < -0.3 is 14.1 Å². The van der Waals surface area contributed by atoms with Gasteiger partial charge in [0.15, 0.2) is 5.76 Å². The Labute approximate surface area is 158 Å². The number of rotatable bonds is 6. The van der Waals surface area contributed by atoms with E-state index >= 15 is 0 Å². The quantitative estimate of drug-likeness (QED) is 0.542. The smallest absolute Gasteiger partial charge is 0.153 e. The van der Waals surface area contributed by atoms with Gasteiger partial charge in [-0.05, 0) is 30.2 Å². The number of furan rings is 1. The second kappa shape index (κ2) is 7.60. The molecule has 0 amide bonds. The topological polar surface area (TPSA) is 64.1 Å². The molecule has 0 saturated heterocycles. The van der Waals surface area contributed by atoms with Crippen molar-refractivity contribution in [3.63, 3.8) is 0 Å². The monoisotopic (exact) mass is 359 g/mol. The minimum absolute atomic E-state index is 0.0846. The van der Waals surface area contributed by atoms with E-state index in [1.54, 1.807) is 12.3 Å². The lowest BCUT2D eigenvalue weighted by Gasteiger charge is -2.19. The van der Waals surface area contributed by atoms with Crippen molar-refractivity contribution in [2.75, 3.05) is 0 Å². The summed E-state index contributed by atoms with van der Waals surface area (Å²) in [6, 6.07) is 17.9. The van der Waals surface area contributed by atoms with E-state index in [-0.39, 0.29) is 12.6 Å². The predicted octanol–water partition coefficient (Wildman–Crippen LogP) is 4.70. The number of benzene rings is 1. The van der Waals surface area contributed by atoms with Crippen LogP contribution >= 0.6 is 0 Å². The third-order valence-corrected chi connectivity index (χ3v) is 4.68. The third-order valence-electron chi connectivity index (χ3n) is 4.68. The van der Waals surface area contributed by atoms with E-state index in [4.69, 9.17) is 9.40 Å². The first-order chi connectivity index (χ1) is 13.3. The van der Waals surface area contributed by atoms with Crippen LogP contribution in [0.5, 0.6) is 0 Å². The highest BCUT2D eigenvalue weighted by Gasteiger charge is 2.23. The van der Waals surface area contributed by atoms with Crippen molar-refractivity contribution in [1.29, 1.82) is 0 Å². The third kappa shape index (κ3) is 3.29. The van der Waals surface area contributed by atoms with Crippen LogP contribution in [0.25, 0.3) is 22.7 Å². The number of imidazole rings is 1. The van der Waals surface area contributed by atoms with Crippen LogP contribution < -0.4 is 0 Å². The molecule has 4 rings (SSSR count). The molecule has 0 aliphatic rings. The van der Waals surface area contributed by atoms with Crippen LogP contribution in [0.2, 0.25) is 0 Å². The maximum absolute atomic E-state index is 9.41. The zero-order valence-electron chi connectivity index (χ0n) is 15.1. The summed E-state index contributed by atoms with van der Waals surface area (Å²) in [6.45, 7) is 2.01. The van der Waals surface area contributed by atoms with Gasteiger partial charge in [-0.3, -0.25) is 4.98 Å². The molecule has 0 radical (unpaired) electrons. The van der Waals surface area contributed by atoms with E-state index < -0.39 is 0 Å². The van der Waals surface area contributed by atoms with Crippen molar-refractivity contribution in [2.45, 2.75) is 26.0 Å². The lowest BCUT2D eigenvalue weighted by Crippen LogP contribution is -2.10. The van der Waals surface area contributed by atoms with Crippen LogP contribution in [0, 0.1) is 0 Å². The van der Waals surface area contributed by atoms with Gasteiger partial charge in [-0.2, -0.15) is 0 Å². The number of pyridine rings is 1. The SMILES string of the molecule is CCC(c1cccnc1)n1cnc(-c2ccccc2)c1-c1ccc(CO)o1. The van der Waals surface area contributed by atoms with E-state index in [1.807, 2.05) is 55.0 Å². The molecule has 4 aromatic rings. The first kappa shape index (κ1) is 17.2. The lowest BCUT2D eigenvalue weighted by atomic mass is 10.0. The molecule has 1 unspecified atom stereocenters. The van der Waals surface area contributed by atoms with E-state index in [2.05, 4.69) is 22.5 Å². The van der Waals surface area contributed by atoms with Crippen LogP contribution in [0.1, 0.15) is 30.7 Å². The normalized spacial score (nSPS) is 12.2. The molecule has 1 aromatic carbocycles. The highest BCUT2D eigenvalue weighted by atomic mass is 16.4. The van der Waals surface area contributed by atoms with Gasteiger partial charge in [0.05, 0.1) is 18.1 Å². The number of aliphatic hydroxyl groups is 1. The molecule has 0 bridgehead atoms. The molecular formula is C22H21N3O2. The van der Waals surface area contributed by atoms with Gasteiger partial charge in [-0.1, -0.05) is 43.3 Å². The first-order valence-corrected chi connectivity index (χ1v) is 9.04. The maximum atomic E-state index is 9.41. The molecule has 1 atom stereocenters. The van der Waals surface area contributed by atoms with Gasteiger partial charge in [0, 0.05) is 18.0 Å². The van der Waals surface area contributed by atoms with E-state index in [9.17, 15) is 5.11 Å². The van der Waals surface area contributed by atoms with E-state index in [0.717, 1.165) is 28.9 Å². The first-order valence-electron chi connectivity index (χ1n) is 9.04. The van der Waals surface area contributed by atoms with Crippen LogP contribution in [-0.2, 0) is 6.61 Å². The summed E-state index contributed by atoms with van der Waals surface area (Å²) in [7, 11) is 0. The molecule has 1 N–H and O–H groups in total. The number of aliphatic hydroxyl groups excluding tert-OH is 1. The Bertz CT molecular complexity index is 1010. The summed E-state index contributed by atoms with van der Waals surface area (Å²) >= 11 is 0. The summed E-state index contributed by atoms with van der Waals surface area (Å²) in [5.41, 5.74) is 3.90. The highest BCUT2D eigenvalue weighted by molar-refractivity contribution is 5.76. The average Bonchev–Trinajstić information content (AvgIpc) is 3.37. The second-order valence-electron chi connectivity index (χ2n) is 6.35. The average molecular weight is 359 g/mol. The standard InChI is InChI=1S/C22H21N3O2/c1-2-19(17-9-6-12-23-13-17)25-15-24-21(16-7-4-3-5-8-16)22(25)20-11-10-18(14-26)27-20/h3-13,15,19,26H,2,14H2,1H3. The van der Waals surface area contributed by atoms with Crippen LogP contribution in [0.4, 0.5) is 0 Å². The fourth-order valence-corrected chi connectivity index (χ4v) is 3.40. The molecule has 3 aromatic heterocycles. The highest BCUT2D eigenvalue weighted by Crippen LogP contribution is 2.36. The Kier molecular flexibility index (Phi) is 4.85. The van der Waals surface area contributed by atoms with Crippen molar-refractivity contribution < 1.29 is 9.52 Å². The van der Waals surface area contributed by atoms with Gasteiger partial charge in [-0.15, -0.1) is 0 Å². The van der Waals surface area contributed by atoms with Gasteiger partial charge in [-0.25, -0.2) is 4.98 Å². The summed E-state index contributed by atoms with van der Waals surface area (Å²) in [5, 5.41) is 9.41. The van der Waals surface area contributed by atoms with Crippen molar-refractivity contribution in [1.82, 2.24) is 14.5 Å². The van der Waals surface area contributed by atoms with E-state index in [0.29, 0.717) is 11.5 Å². The summed E-state index contributed by atoms with van der Waals surface area (Å²) in [4.78, 5) is 8.99. The summed E-state index contributed by atoms with van der Waals surface area (Å²) in [5.74, 6) is 1.23. The Morgan fingerprint density at radius 1 is 1.07 bits per heavy atom. The largest absolute Gasteiger partial charge is 0.457 e. The van der Waals surface area contributed by atoms with Crippen molar-refractivity contribution in [3.05, 3.63) is 84.6 Å². The Hall–Kier alpha value is -3.18. The van der Waals surface area contributed by atoms with Gasteiger partial charge in [0.2, 0.25) is 0 Å². The summed E-state index contributed by atoms with van der Waals surface area (Å²) < 4.78 is 8.02. The van der Waals surface area contributed by atoms with Crippen LogP contribution in [0.15, 0.2) is 77.7 Å². The second-order valence-corrected chi connectivity index (χ2v) is 6.35. The number of nitrogens with zero attached hydrogens (tertiary/aromatic N) is 3. The number of aromatic nitrogens is 3. The molecule has 0 spiro atoms. The molecule has 0 aliphatic heterocycles. The van der Waals surface area contributed by atoms with Gasteiger partial charge in [0.25, 0.3) is 0 Å². The molecule has 136 valence electrons. The zero-order chi connectivity index (χ0) is 18.6. The Balaban J connectivity index is 1.90. The van der Waals surface area contributed by atoms with Crippen molar-refractivity contribution in [2.24, 2.45) is 0 Å². The molecule has 0 fully saturated rings. The Morgan fingerprint density at radius 3 is 2.59 bits per heavy atom. The lowest BCUT2D eigenvalue weighted by molar-refractivity contribution is 0.248. The van der Waals surface area contributed by atoms with Crippen molar-refractivity contribution >= 4 is 0 Å². The molecule has 27 heavy (non-hydrogen) atoms. The maximum Gasteiger partial charge on any atom is 0.153 e. The summed E-state index contributed by atoms with van der Waals surface area (Å²) in [6.07, 6.45) is 6.42. The minimum atomic E-state index is -0.130. The van der Waals surface area contributed by atoms with Gasteiger partial charge in [0.1, 0.15) is 18.1 Å². The predicted molar refractivity (Wildman–Crippen MR) is 104 cm³/mol. The molecular weight excluding hydrogens is 338 g/mol. The number of hydrogen-bond donors (Lipinski definition) is 1. The van der Waals surface area contributed by atoms with Gasteiger partial charge >= 0.3 is 0 Å². The zero-order valence-corrected chi connectivity index (χ0v) is 15.1. The van der Waals surface area contributed by atoms with Crippen LogP contribution in [-0.4, -0.2) is 19.6 Å². The molecule has 0 saturated carbocycles. The van der Waals surface area contributed by atoms with Crippen molar-refractivity contribution in [3.8, 4) is 22.7 Å². The minimum Gasteiger partial charge on any atom is -0.457 e. The number of hydrogen-bond acceptors (Lipinski definition) is 4. The molecule has 5 heteroatoms. The molecule has 0 aliphatic carbocycles. The Morgan fingerprint density at radius 2 is 1.93 bits per heavy atom. The molecule has 3 heterocycles. The molecule has 5 nitrogen and oxygen atoms in total.